The van der Waals surface area contributed by atoms with Gasteiger partial charge in [0.15, 0.2) is 0 Å². The molecule has 0 atom stereocenters. The molecular formula is C14H19N3O4. The van der Waals surface area contributed by atoms with Crippen LogP contribution in [0.25, 0.3) is 0 Å². The maximum absolute atomic E-state index is 12.2. The lowest BCUT2D eigenvalue weighted by Crippen LogP contribution is -2.41. The maximum atomic E-state index is 12.2. The maximum Gasteiger partial charge on any atom is 0.273 e. The number of likely N-dealkylation sites (N-methyl/N-ethyl adjacent to an activating group) is 2. The zero-order valence-corrected chi connectivity index (χ0v) is 12.2. The summed E-state index contributed by atoms with van der Waals surface area (Å²) in [6, 6.07) is 6.12. The number of carbonyl (C=O) groups excluding carboxylic acids is 2. The van der Waals surface area contributed by atoms with Crippen LogP contribution >= 0.6 is 0 Å². The van der Waals surface area contributed by atoms with Crippen molar-refractivity contribution >= 4 is 17.5 Å². The number of hydrogen-bond donors (Lipinski definition) is 1. The second kappa shape index (κ2) is 7.98. The lowest BCUT2D eigenvalue weighted by molar-refractivity contribution is -0.385. The standard InChI is InChI=1S/C14H19N3O4/c1-3-15-13(18)10-16(4-2)14(19)9-11-7-5-6-8-12(11)17(20)21/h5-8H,3-4,9-10H2,1-2H3,(H,15,18). The van der Waals surface area contributed by atoms with Gasteiger partial charge >= 0.3 is 0 Å². The van der Waals surface area contributed by atoms with Crippen molar-refractivity contribution in [2.45, 2.75) is 20.3 Å². The number of benzene rings is 1. The van der Waals surface area contributed by atoms with E-state index in [-0.39, 0.29) is 30.5 Å². The first kappa shape index (κ1) is 16.6. The van der Waals surface area contributed by atoms with Crippen LogP contribution in [0.4, 0.5) is 5.69 Å². The highest BCUT2D eigenvalue weighted by molar-refractivity contribution is 5.86. The molecule has 7 heteroatoms. The van der Waals surface area contributed by atoms with Gasteiger partial charge in [-0.05, 0) is 13.8 Å². The second-order valence-corrected chi connectivity index (χ2v) is 4.42. The number of nitro groups is 1. The van der Waals surface area contributed by atoms with Gasteiger partial charge in [0.2, 0.25) is 11.8 Å². The minimum Gasteiger partial charge on any atom is -0.355 e. The summed E-state index contributed by atoms with van der Waals surface area (Å²) < 4.78 is 0. The summed E-state index contributed by atoms with van der Waals surface area (Å²) >= 11 is 0. The van der Waals surface area contributed by atoms with Crippen LogP contribution in [-0.4, -0.2) is 41.3 Å². The Balaban J connectivity index is 2.79. The van der Waals surface area contributed by atoms with Gasteiger partial charge in [-0.1, -0.05) is 18.2 Å². The van der Waals surface area contributed by atoms with Gasteiger partial charge in [0.05, 0.1) is 17.9 Å². The van der Waals surface area contributed by atoms with Gasteiger partial charge in [0, 0.05) is 24.7 Å². The van der Waals surface area contributed by atoms with E-state index in [1.54, 1.807) is 32.0 Å². The first-order valence-electron chi connectivity index (χ1n) is 6.76. The molecular weight excluding hydrogens is 274 g/mol. The number of nitrogens with one attached hydrogen (secondary N) is 1. The number of para-hydroxylation sites is 1. The summed E-state index contributed by atoms with van der Waals surface area (Å²) in [6.07, 6.45) is -0.0929. The minimum atomic E-state index is -0.511. The Morgan fingerprint density at radius 1 is 1.29 bits per heavy atom. The fraction of sp³-hybridized carbons (Fsp3) is 0.429. The molecule has 21 heavy (non-hydrogen) atoms. The highest BCUT2D eigenvalue weighted by atomic mass is 16.6. The monoisotopic (exact) mass is 293 g/mol. The third kappa shape index (κ3) is 4.87. The Labute approximate surface area is 123 Å². The van der Waals surface area contributed by atoms with Gasteiger partial charge in [-0.15, -0.1) is 0 Å². The van der Waals surface area contributed by atoms with Crippen molar-refractivity contribution in [3.05, 3.63) is 39.9 Å². The third-order valence-electron chi connectivity index (χ3n) is 2.97. The number of nitro benzene ring substituents is 1. The minimum absolute atomic E-state index is 0.0379. The van der Waals surface area contributed by atoms with Gasteiger partial charge in [0.25, 0.3) is 5.69 Å². The van der Waals surface area contributed by atoms with Gasteiger partial charge in [-0.2, -0.15) is 0 Å². The quantitative estimate of drug-likeness (QED) is 0.602. The summed E-state index contributed by atoms with van der Waals surface area (Å²) in [7, 11) is 0. The van der Waals surface area contributed by atoms with E-state index < -0.39 is 4.92 Å². The van der Waals surface area contributed by atoms with Crippen LogP contribution in [0.2, 0.25) is 0 Å². The normalized spacial score (nSPS) is 10.0. The van der Waals surface area contributed by atoms with Crippen LogP contribution < -0.4 is 5.32 Å². The Kier molecular flexibility index (Phi) is 6.32. The highest BCUT2D eigenvalue weighted by Gasteiger charge is 2.20. The SMILES string of the molecule is CCNC(=O)CN(CC)C(=O)Cc1ccccc1[N+](=O)[O-]. The average Bonchev–Trinajstić information content (AvgIpc) is 2.45. The van der Waals surface area contributed by atoms with Crippen LogP contribution in [0.15, 0.2) is 24.3 Å². The van der Waals surface area contributed by atoms with Crippen molar-refractivity contribution in [1.82, 2.24) is 10.2 Å². The van der Waals surface area contributed by atoms with Crippen LogP contribution in [0.1, 0.15) is 19.4 Å². The molecule has 114 valence electrons. The molecule has 7 nitrogen and oxygen atoms in total. The molecule has 0 saturated carbocycles. The molecule has 2 amide bonds. The molecule has 1 aromatic carbocycles. The molecule has 0 bridgehead atoms. The van der Waals surface area contributed by atoms with E-state index in [0.29, 0.717) is 18.7 Å². The van der Waals surface area contributed by atoms with E-state index in [0.717, 1.165) is 0 Å². The van der Waals surface area contributed by atoms with E-state index in [2.05, 4.69) is 5.32 Å². The summed E-state index contributed by atoms with van der Waals surface area (Å²) in [5.41, 5.74) is 0.266. The van der Waals surface area contributed by atoms with E-state index in [1.165, 1.54) is 11.0 Å². The van der Waals surface area contributed by atoms with Gasteiger partial charge < -0.3 is 10.2 Å². The zero-order valence-electron chi connectivity index (χ0n) is 12.2. The van der Waals surface area contributed by atoms with Crippen molar-refractivity contribution in [1.29, 1.82) is 0 Å². The van der Waals surface area contributed by atoms with E-state index in [9.17, 15) is 19.7 Å². The molecule has 0 radical (unpaired) electrons. The van der Waals surface area contributed by atoms with Crippen molar-refractivity contribution in [2.24, 2.45) is 0 Å². The topological polar surface area (TPSA) is 92.6 Å². The van der Waals surface area contributed by atoms with Crippen LogP contribution in [0.3, 0.4) is 0 Å². The first-order valence-corrected chi connectivity index (χ1v) is 6.76. The molecule has 1 rings (SSSR count). The molecule has 0 saturated heterocycles. The number of amides is 2. The first-order chi connectivity index (χ1) is 9.99. The zero-order chi connectivity index (χ0) is 15.8. The summed E-state index contributed by atoms with van der Waals surface area (Å²) in [6.45, 7) is 4.38. The van der Waals surface area contributed by atoms with E-state index >= 15 is 0 Å². The smallest absolute Gasteiger partial charge is 0.273 e. The molecule has 0 fully saturated rings. The Bertz CT molecular complexity index is 531. The Hall–Kier alpha value is -2.44. The largest absolute Gasteiger partial charge is 0.355 e. The van der Waals surface area contributed by atoms with Gasteiger partial charge in [-0.25, -0.2) is 0 Å². The van der Waals surface area contributed by atoms with E-state index in [4.69, 9.17) is 0 Å². The fourth-order valence-corrected chi connectivity index (χ4v) is 1.92. The Morgan fingerprint density at radius 2 is 1.95 bits per heavy atom. The Morgan fingerprint density at radius 3 is 2.52 bits per heavy atom. The van der Waals surface area contributed by atoms with Gasteiger partial charge in [0.1, 0.15) is 0 Å². The molecule has 0 aromatic heterocycles. The van der Waals surface area contributed by atoms with Crippen LogP contribution in [-0.2, 0) is 16.0 Å². The lowest BCUT2D eigenvalue weighted by Gasteiger charge is -2.20. The van der Waals surface area contributed by atoms with E-state index in [1.807, 2.05) is 0 Å². The summed E-state index contributed by atoms with van der Waals surface area (Å²) in [5, 5.41) is 13.5. The molecule has 0 aliphatic carbocycles. The molecule has 0 aliphatic heterocycles. The summed E-state index contributed by atoms with van der Waals surface area (Å²) in [4.78, 5) is 35.5. The van der Waals surface area contributed by atoms with Crippen molar-refractivity contribution in [2.75, 3.05) is 19.6 Å². The number of carbonyl (C=O) groups is 2. The van der Waals surface area contributed by atoms with Crippen LogP contribution in [0, 0.1) is 10.1 Å². The predicted molar refractivity (Wildman–Crippen MR) is 77.7 cm³/mol. The second-order valence-electron chi connectivity index (χ2n) is 4.42. The number of hydrogen-bond acceptors (Lipinski definition) is 4. The molecule has 0 aliphatic rings. The predicted octanol–water partition coefficient (Wildman–Crippen LogP) is 1.12. The molecule has 1 N–H and O–H groups in total. The average molecular weight is 293 g/mol. The molecule has 1 aromatic rings. The molecule has 0 unspecified atom stereocenters. The highest BCUT2D eigenvalue weighted by Crippen LogP contribution is 2.18. The summed E-state index contributed by atoms with van der Waals surface area (Å²) in [5.74, 6) is -0.548. The number of nitrogens with zero attached hydrogens (tertiary/aromatic N) is 2. The number of rotatable bonds is 7. The lowest BCUT2D eigenvalue weighted by atomic mass is 10.1. The van der Waals surface area contributed by atoms with Crippen molar-refractivity contribution < 1.29 is 14.5 Å². The molecule has 0 spiro atoms. The fourth-order valence-electron chi connectivity index (χ4n) is 1.92. The molecule has 0 heterocycles. The third-order valence-corrected chi connectivity index (χ3v) is 2.97. The van der Waals surface area contributed by atoms with Crippen molar-refractivity contribution in [3.63, 3.8) is 0 Å². The van der Waals surface area contributed by atoms with Crippen molar-refractivity contribution in [3.8, 4) is 0 Å². The van der Waals surface area contributed by atoms with Crippen LogP contribution in [0.5, 0.6) is 0 Å². The van der Waals surface area contributed by atoms with Gasteiger partial charge in [-0.3, -0.25) is 19.7 Å².